The molecule has 2 unspecified atom stereocenters. The van der Waals surface area contributed by atoms with Crippen LogP contribution >= 0.6 is 0 Å². The highest BCUT2D eigenvalue weighted by molar-refractivity contribution is 5.76. The summed E-state index contributed by atoms with van der Waals surface area (Å²) in [6.07, 6.45) is 0.902. The standard InChI is InChI=1S/C15H22O2/c1-11(10-15(2,3)4)13(14(16)17)12-8-6-5-7-9-12/h5-9,11,13H,10H2,1-4H3,(H,16,17). The lowest BCUT2D eigenvalue weighted by Gasteiger charge is -2.27. The van der Waals surface area contributed by atoms with Gasteiger partial charge in [0.2, 0.25) is 0 Å². The molecule has 0 aliphatic heterocycles. The van der Waals surface area contributed by atoms with Gasteiger partial charge in [-0.25, -0.2) is 0 Å². The minimum atomic E-state index is -0.729. The van der Waals surface area contributed by atoms with Gasteiger partial charge in [-0.15, -0.1) is 0 Å². The number of aliphatic carboxylic acids is 1. The van der Waals surface area contributed by atoms with Gasteiger partial charge in [0.15, 0.2) is 0 Å². The van der Waals surface area contributed by atoms with Gasteiger partial charge in [0.1, 0.15) is 0 Å². The van der Waals surface area contributed by atoms with Crippen molar-refractivity contribution < 1.29 is 9.90 Å². The molecular weight excluding hydrogens is 212 g/mol. The Labute approximate surface area is 104 Å². The Bertz CT molecular complexity index is 362. The summed E-state index contributed by atoms with van der Waals surface area (Å²) in [4.78, 5) is 11.4. The SMILES string of the molecule is CC(CC(C)(C)C)C(C(=O)O)c1ccccc1. The van der Waals surface area contributed by atoms with E-state index in [0.717, 1.165) is 12.0 Å². The average molecular weight is 234 g/mol. The van der Waals surface area contributed by atoms with Gasteiger partial charge in [-0.1, -0.05) is 58.0 Å². The van der Waals surface area contributed by atoms with Crippen LogP contribution in [0.15, 0.2) is 30.3 Å². The third-order valence-corrected chi connectivity index (χ3v) is 2.93. The van der Waals surface area contributed by atoms with Gasteiger partial charge >= 0.3 is 5.97 Å². The highest BCUT2D eigenvalue weighted by Crippen LogP contribution is 2.34. The van der Waals surface area contributed by atoms with Crippen molar-refractivity contribution in [2.45, 2.75) is 40.0 Å². The van der Waals surface area contributed by atoms with E-state index < -0.39 is 11.9 Å². The number of hydrogen-bond donors (Lipinski definition) is 1. The largest absolute Gasteiger partial charge is 0.481 e. The summed E-state index contributed by atoms with van der Waals surface area (Å²) in [6, 6.07) is 9.51. The van der Waals surface area contributed by atoms with E-state index in [2.05, 4.69) is 20.8 Å². The van der Waals surface area contributed by atoms with E-state index in [4.69, 9.17) is 0 Å². The Morgan fingerprint density at radius 2 is 1.76 bits per heavy atom. The third kappa shape index (κ3) is 4.22. The van der Waals surface area contributed by atoms with E-state index in [1.165, 1.54) is 0 Å². The first-order chi connectivity index (χ1) is 7.81. The second-order valence-corrected chi connectivity index (χ2v) is 5.97. The fraction of sp³-hybridized carbons (Fsp3) is 0.533. The number of rotatable bonds is 4. The molecule has 1 N–H and O–H groups in total. The molecule has 0 bridgehead atoms. The lowest BCUT2D eigenvalue weighted by molar-refractivity contribution is -0.140. The smallest absolute Gasteiger partial charge is 0.311 e. The van der Waals surface area contributed by atoms with Crippen molar-refractivity contribution in [3.63, 3.8) is 0 Å². The van der Waals surface area contributed by atoms with Crippen molar-refractivity contribution in [1.82, 2.24) is 0 Å². The van der Waals surface area contributed by atoms with Crippen LogP contribution in [-0.4, -0.2) is 11.1 Å². The molecule has 0 radical (unpaired) electrons. The number of carboxylic acids is 1. The van der Waals surface area contributed by atoms with Crippen LogP contribution in [0.5, 0.6) is 0 Å². The van der Waals surface area contributed by atoms with Gasteiger partial charge in [0, 0.05) is 0 Å². The van der Waals surface area contributed by atoms with Crippen LogP contribution in [-0.2, 0) is 4.79 Å². The molecular formula is C15H22O2. The van der Waals surface area contributed by atoms with Crippen LogP contribution in [0, 0.1) is 11.3 Å². The van der Waals surface area contributed by atoms with Gasteiger partial charge in [-0.05, 0) is 23.3 Å². The average Bonchev–Trinajstić information content (AvgIpc) is 2.15. The number of carboxylic acid groups (broad SMARTS) is 1. The summed E-state index contributed by atoms with van der Waals surface area (Å²) in [7, 11) is 0. The molecule has 0 fully saturated rings. The molecule has 1 aromatic carbocycles. The van der Waals surface area contributed by atoms with E-state index in [0.29, 0.717) is 0 Å². The highest BCUT2D eigenvalue weighted by atomic mass is 16.4. The van der Waals surface area contributed by atoms with Crippen LogP contribution in [0.2, 0.25) is 0 Å². The van der Waals surface area contributed by atoms with Gasteiger partial charge < -0.3 is 5.11 Å². The molecule has 1 aromatic rings. The monoisotopic (exact) mass is 234 g/mol. The Hall–Kier alpha value is -1.31. The molecule has 0 heterocycles. The van der Waals surface area contributed by atoms with E-state index in [-0.39, 0.29) is 11.3 Å². The first kappa shape index (κ1) is 13.8. The molecule has 2 atom stereocenters. The predicted molar refractivity (Wildman–Crippen MR) is 70.1 cm³/mol. The van der Waals surface area contributed by atoms with Crippen molar-refractivity contribution in [2.24, 2.45) is 11.3 Å². The van der Waals surface area contributed by atoms with Crippen LogP contribution in [0.4, 0.5) is 0 Å². The fourth-order valence-electron chi connectivity index (χ4n) is 2.46. The Morgan fingerprint density at radius 3 is 2.18 bits per heavy atom. The second kappa shape index (κ2) is 5.35. The van der Waals surface area contributed by atoms with E-state index in [1.54, 1.807) is 0 Å². The summed E-state index contributed by atoms with van der Waals surface area (Å²) < 4.78 is 0. The van der Waals surface area contributed by atoms with Gasteiger partial charge in [-0.3, -0.25) is 4.79 Å². The minimum Gasteiger partial charge on any atom is -0.481 e. The van der Waals surface area contributed by atoms with E-state index >= 15 is 0 Å². The summed E-state index contributed by atoms with van der Waals surface area (Å²) in [5.41, 5.74) is 1.05. The van der Waals surface area contributed by atoms with E-state index in [1.807, 2.05) is 37.3 Å². The normalized spacial score (nSPS) is 15.3. The first-order valence-electron chi connectivity index (χ1n) is 6.09. The van der Waals surface area contributed by atoms with Crippen LogP contribution in [0.3, 0.4) is 0 Å². The lowest BCUT2D eigenvalue weighted by atomic mass is 9.77. The molecule has 94 valence electrons. The van der Waals surface area contributed by atoms with Gasteiger partial charge in [-0.2, -0.15) is 0 Å². The molecule has 0 saturated heterocycles. The Kier molecular flexibility index (Phi) is 4.33. The van der Waals surface area contributed by atoms with Gasteiger partial charge in [0.05, 0.1) is 5.92 Å². The zero-order valence-corrected chi connectivity index (χ0v) is 11.1. The second-order valence-electron chi connectivity index (χ2n) is 5.97. The zero-order valence-electron chi connectivity index (χ0n) is 11.1. The summed E-state index contributed by atoms with van der Waals surface area (Å²) in [5.74, 6) is -1.00. The molecule has 1 rings (SSSR count). The van der Waals surface area contributed by atoms with Crippen molar-refractivity contribution in [3.05, 3.63) is 35.9 Å². The number of carbonyl (C=O) groups is 1. The molecule has 0 aliphatic carbocycles. The number of hydrogen-bond acceptors (Lipinski definition) is 1. The topological polar surface area (TPSA) is 37.3 Å². The van der Waals surface area contributed by atoms with Crippen molar-refractivity contribution in [3.8, 4) is 0 Å². The Morgan fingerprint density at radius 1 is 1.24 bits per heavy atom. The number of benzene rings is 1. The summed E-state index contributed by atoms with van der Waals surface area (Å²) >= 11 is 0. The minimum absolute atomic E-state index is 0.134. The Balaban J connectivity index is 2.91. The fourth-order valence-corrected chi connectivity index (χ4v) is 2.46. The molecule has 17 heavy (non-hydrogen) atoms. The third-order valence-electron chi connectivity index (χ3n) is 2.93. The van der Waals surface area contributed by atoms with Gasteiger partial charge in [0.25, 0.3) is 0 Å². The van der Waals surface area contributed by atoms with Crippen molar-refractivity contribution in [1.29, 1.82) is 0 Å². The summed E-state index contributed by atoms with van der Waals surface area (Å²) in [5, 5.41) is 9.39. The molecule has 2 nitrogen and oxygen atoms in total. The highest BCUT2D eigenvalue weighted by Gasteiger charge is 2.29. The molecule has 2 heteroatoms. The maximum Gasteiger partial charge on any atom is 0.311 e. The molecule has 0 aromatic heterocycles. The quantitative estimate of drug-likeness (QED) is 0.857. The maximum absolute atomic E-state index is 11.4. The summed E-state index contributed by atoms with van der Waals surface area (Å²) in [6.45, 7) is 8.46. The molecule has 0 aliphatic rings. The molecule has 0 spiro atoms. The molecule has 0 amide bonds. The van der Waals surface area contributed by atoms with Crippen LogP contribution in [0.25, 0.3) is 0 Å². The van der Waals surface area contributed by atoms with Crippen LogP contribution < -0.4 is 0 Å². The predicted octanol–water partition coefficient (Wildman–Crippen LogP) is 3.93. The van der Waals surface area contributed by atoms with Crippen molar-refractivity contribution in [2.75, 3.05) is 0 Å². The zero-order chi connectivity index (χ0) is 13.1. The molecule has 0 saturated carbocycles. The van der Waals surface area contributed by atoms with Crippen LogP contribution in [0.1, 0.15) is 45.6 Å². The maximum atomic E-state index is 11.4. The van der Waals surface area contributed by atoms with E-state index in [9.17, 15) is 9.90 Å². The first-order valence-corrected chi connectivity index (χ1v) is 6.09. The van der Waals surface area contributed by atoms with Crippen molar-refractivity contribution >= 4 is 5.97 Å². The lowest BCUT2D eigenvalue weighted by Crippen LogP contribution is -2.23.